The van der Waals surface area contributed by atoms with Crippen molar-refractivity contribution in [3.8, 4) is 0 Å². The molecule has 0 amide bonds. The summed E-state index contributed by atoms with van der Waals surface area (Å²) >= 11 is 0. The molecular formula is C12H19N3O2. The van der Waals surface area contributed by atoms with Gasteiger partial charge in [-0.3, -0.25) is 14.3 Å². The molecule has 1 aromatic rings. The molecule has 0 unspecified atom stereocenters. The van der Waals surface area contributed by atoms with Crippen LogP contribution in [0.1, 0.15) is 39.3 Å². The van der Waals surface area contributed by atoms with Gasteiger partial charge in [-0.05, 0) is 0 Å². The summed E-state index contributed by atoms with van der Waals surface area (Å²) < 4.78 is 1.62. The minimum Gasteiger partial charge on any atom is -0.300 e. The summed E-state index contributed by atoms with van der Waals surface area (Å²) in [5.74, 6) is 0.379. The van der Waals surface area contributed by atoms with Gasteiger partial charge in [0.25, 0.3) is 0 Å². The molecule has 1 aromatic heterocycles. The van der Waals surface area contributed by atoms with Crippen molar-refractivity contribution in [2.75, 3.05) is 0 Å². The summed E-state index contributed by atoms with van der Waals surface area (Å²) in [6.07, 6.45) is 3.08. The Bertz CT molecular complexity index is 396. The Balaban J connectivity index is 2.48. The van der Waals surface area contributed by atoms with E-state index in [0.29, 0.717) is 31.5 Å². The van der Waals surface area contributed by atoms with Crippen LogP contribution in [-0.2, 0) is 22.6 Å². The predicted molar refractivity (Wildman–Crippen MR) is 63.5 cm³/mol. The molecule has 0 N–H and O–H groups in total. The molecule has 0 saturated heterocycles. The third-order valence-corrected chi connectivity index (χ3v) is 2.60. The van der Waals surface area contributed by atoms with Gasteiger partial charge in [0.1, 0.15) is 11.6 Å². The summed E-state index contributed by atoms with van der Waals surface area (Å²) in [4.78, 5) is 22.6. The quantitative estimate of drug-likeness (QED) is 0.719. The molecule has 1 heterocycles. The molecule has 94 valence electrons. The molecule has 5 heteroatoms. The van der Waals surface area contributed by atoms with Crippen molar-refractivity contribution in [3.05, 3.63) is 11.9 Å². The number of aromatic nitrogens is 3. The molecular weight excluding hydrogens is 218 g/mol. The third kappa shape index (κ3) is 4.46. The smallest absolute Gasteiger partial charge is 0.141 e. The number of Topliss-reactive ketones (excluding diaryl/α,β-unsaturated/α-hetero) is 2. The number of hydrogen-bond donors (Lipinski definition) is 0. The lowest BCUT2D eigenvalue weighted by molar-refractivity contribution is -0.121. The Hall–Kier alpha value is -1.52. The highest BCUT2D eigenvalue weighted by Gasteiger charge is 2.11. The molecule has 0 aromatic carbocycles. The average Bonchev–Trinajstić information content (AvgIpc) is 2.73. The Kier molecular flexibility index (Phi) is 5.00. The van der Waals surface area contributed by atoms with E-state index >= 15 is 0 Å². The fourth-order valence-corrected chi connectivity index (χ4v) is 1.33. The molecule has 0 atom stereocenters. The van der Waals surface area contributed by atoms with Gasteiger partial charge in [0.2, 0.25) is 0 Å². The molecule has 1 rings (SSSR count). The lowest BCUT2D eigenvalue weighted by atomic mass is 10.1. The van der Waals surface area contributed by atoms with Gasteiger partial charge in [-0.2, -0.15) is 0 Å². The topological polar surface area (TPSA) is 64.8 Å². The molecule has 0 saturated carbocycles. The number of rotatable bonds is 7. The molecule has 0 aliphatic heterocycles. The minimum absolute atomic E-state index is 0.0156. The fourth-order valence-electron chi connectivity index (χ4n) is 1.33. The number of ketones is 2. The van der Waals surface area contributed by atoms with Gasteiger partial charge >= 0.3 is 0 Å². The molecule has 0 aliphatic rings. The maximum absolute atomic E-state index is 11.5. The first-order valence-electron chi connectivity index (χ1n) is 5.96. The summed E-state index contributed by atoms with van der Waals surface area (Å²) in [5.41, 5.74) is 0.674. The SMILES string of the molecule is CCC(=O)CCn1cc(CC(=O)C(C)C)nn1. The van der Waals surface area contributed by atoms with E-state index in [1.807, 2.05) is 20.8 Å². The van der Waals surface area contributed by atoms with Crippen molar-refractivity contribution < 1.29 is 9.59 Å². The molecule has 0 radical (unpaired) electrons. The van der Waals surface area contributed by atoms with Crippen molar-refractivity contribution in [3.63, 3.8) is 0 Å². The molecule has 0 fully saturated rings. The monoisotopic (exact) mass is 237 g/mol. The van der Waals surface area contributed by atoms with Gasteiger partial charge in [0.05, 0.1) is 12.1 Å². The van der Waals surface area contributed by atoms with Gasteiger partial charge in [0.15, 0.2) is 0 Å². The van der Waals surface area contributed by atoms with Crippen LogP contribution >= 0.6 is 0 Å². The Morgan fingerprint density at radius 2 is 2.12 bits per heavy atom. The van der Waals surface area contributed by atoms with E-state index in [0.717, 1.165) is 0 Å². The van der Waals surface area contributed by atoms with E-state index in [9.17, 15) is 9.59 Å². The molecule has 0 aliphatic carbocycles. The van der Waals surface area contributed by atoms with Crippen molar-refractivity contribution in [2.24, 2.45) is 5.92 Å². The van der Waals surface area contributed by atoms with Gasteiger partial charge in [-0.1, -0.05) is 26.0 Å². The van der Waals surface area contributed by atoms with Crippen molar-refractivity contribution in [1.29, 1.82) is 0 Å². The van der Waals surface area contributed by atoms with Crippen LogP contribution in [0.2, 0.25) is 0 Å². The van der Waals surface area contributed by atoms with E-state index in [1.165, 1.54) is 0 Å². The van der Waals surface area contributed by atoms with Gasteiger partial charge < -0.3 is 0 Å². The highest BCUT2D eigenvalue weighted by atomic mass is 16.1. The van der Waals surface area contributed by atoms with Crippen LogP contribution in [-0.4, -0.2) is 26.6 Å². The normalized spacial score (nSPS) is 10.8. The van der Waals surface area contributed by atoms with E-state index in [-0.39, 0.29) is 17.5 Å². The second-order valence-electron chi connectivity index (χ2n) is 4.41. The van der Waals surface area contributed by atoms with Crippen molar-refractivity contribution in [1.82, 2.24) is 15.0 Å². The maximum Gasteiger partial charge on any atom is 0.141 e. The largest absolute Gasteiger partial charge is 0.300 e. The highest BCUT2D eigenvalue weighted by Crippen LogP contribution is 2.03. The average molecular weight is 237 g/mol. The summed E-state index contributed by atoms with van der Waals surface area (Å²) in [7, 11) is 0. The van der Waals surface area contributed by atoms with E-state index < -0.39 is 0 Å². The fraction of sp³-hybridized carbons (Fsp3) is 0.667. The van der Waals surface area contributed by atoms with Crippen LogP contribution in [0.15, 0.2) is 6.20 Å². The van der Waals surface area contributed by atoms with Crippen LogP contribution in [0, 0.1) is 5.92 Å². The predicted octanol–water partition coefficient (Wildman–Crippen LogP) is 1.41. The van der Waals surface area contributed by atoms with Crippen LogP contribution in [0.5, 0.6) is 0 Å². The summed E-state index contributed by atoms with van der Waals surface area (Å²) in [6, 6.07) is 0. The number of carbonyl (C=O) groups excluding carboxylic acids is 2. The standard InChI is InChI=1S/C12H19N3O2/c1-4-11(16)5-6-15-8-10(13-14-15)7-12(17)9(2)3/h8-9H,4-7H2,1-3H3. The van der Waals surface area contributed by atoms with Crippen LogP contribution < -0.4 is 0 Å². The van der Waals surface area contributed by atoms with Crippen molar-refractivity contribution >= 4 is 11.6 Å². The number of hydrogen-bond acceptors (Lipinski definition) is 4. The summed E-state index contributed by atoms with van der Waals surface area (Å²) in [5, 5.41) is 7.82. The molecule has 17 heavy (non-hydrogen) atoms. The Labute approximate surface area is 101 Å². The number of aryl methyl sites for hydroxylation is 1. The van der Waals surface area contributed by atoms with E-state index in [4.69, 9.17) is 0 Å². The lowest BCUT2D eigenvalue weighted by Gasteiger charge is -2.00. The Morgan fingerprint density at radius 3 is 2.71 bits per heavy atom. The molecule has 0 spiro atoms. The Morgan fingerprint density at radius 1 is 1.41 bits per heavy atom. The van der Waals surface area contributed by atoms with E-state index in [2.05, 4.69) is 10.3 Å². The van der Waals surface area contributed by atoms with Gasteiger partial charge in [-0.25, -0.2) is 0 Å². The molecule has 0 bridgehead atoms. The van der Waals surface area contributed by atoms with Crippen LogP contribution in [0.25, 0.3) is 0 Å². The zero-order valence-corrected chi connectivity index (χ0v) is 10.6. The molecule has 5 nitrogen and oxygen atoms in total. The van der Waals surface area contributed by atoms with Gasteiger partial charge in [0, 0.05) is 31.5 Å². The van der Waals surface area contributed by atoms with Crippen LogP contribution in [0.4, 0.5) is 0 Å². The second-order valence-corrected chi connectivity index (χ2v) is 4.41. The minimum atomic E-state index is 0.0156. The number of carbonyl (C=O) groups is 2. The van der Waals surface area contributed by atoms with Crippen LogP contribution in [0.3, 0.4) is 0 Å². The van der Waals surface area contributed by atoms with Crippen molar-refractivity contribution in [2.45, 2.75) is 46.6 Å². The van der Waals surface area contributed by atoms with Gasteiger partial charge in [-0.15, -0.1) is 5.10 Å². The lowest BCUT2D eigenvalue weighted by Crippen LogP contribution is -2.10. The second kappa shape index (κ2) is 6.27. The maximum atomic E-state index is 11.5. The van der Waals surface area contributed by atoms with E-state index in [1.54, 1.807) is 10.9 Å². The zero-order valence-electron chi connectivity index (χ0n) is 10.6. The first-order chi connectivity index (χ1) is 8.02. The third-order valence-electron chi connectivity index (χ3n) is 2.60. The highest BCUT2D eigenvalue weighted by molar-refractivity contribution is 5.82. The number of nitrogens with zero attached hydrogens (tertiary/aromatic N) is 3. The first-order valence-corrected chi connectivity index (χ1v) is 5.96. The zero-order chi connectivity index (χ0) is 12.8. The summed E-state index contributed by atoms with van der Waals surface area (Å²) in [6.45, 7) is 6.12. The first kappa shape index (κ1) is 13.5.